The fourth-order valence-corrected chi connectivity index (χ4v) is 2.02. The number of benzene rings is 1. The first kappa shape index (κ1) is 17.3. The van der Waals surface area contributed by atoms with Gasteiger partial charge in [0.25, 0.3) is 5.91 Å². The van der Waals surface area contributed by atoms with Crippen LogP contribution >= 0.6 is 12.4 Å². The third-order valence-electron chi connectivity index (χ3n) is 3.18. The van der Waals surface area contributed by atoms with E-state index in [0.29, 0.717) is 11.3 Å². The molecule has 6 nitrogen and oxygen atoms in total. The molecule has 0 spiro atoms. The van der Waals surface area contributed by atoms with Gasteiger partial charge in [0.05, 0.1) is 0 Å². The van der Waals surface area contributed by atoms with Gasteiger partial charge in [-0.25, -0.2) is 4.79 Å². The Balaban J connectivity index is 0.00000220. The zero-order chi connectivity index (χ0) is 14.5. The van der Waals surface area contributed by atoms with Gasteiger partial charge < -0.3 is 20.9 Å². The number of rotatable bonds is 3. The highest BCUT2D eigenvalue weighted by Crippen LogP contribution is 2.12. The second-order valence-corrected chi connectivity index (χ2v) is 5.07. The number of halogens is 1. The quantitative estimate of drug-likeness (QED) is 0.787. The number of carbonyl (C=O) groups is 2. The molecule has 1 aromatic rings. The number of hydrogen-bond donors (Lipinski definition) is 3. The lowest BCUT2D eigenvalue weighted by atomic mass is 10.1. The van der Waals surface area contributed by atoms with Crippen LogP contribution in [0.5, 0.6) is 0 Å². The van der Waals surface area contributed by atoms with Crippen molar-refractivity contribution in [1.82, 2.24) is 15.5 Å². The molecule has 1 aliphatic heterocycles. The maximum absolute atomic E-state index is 12.1. The Hall–Kier alpha value is -1.79. The minimum absolute atomic E-state index is 0. The molecule has 0 saturated carbocycles. The summed E-state index contributed by atoms with van der Waals surface area (Å²) in [6.07, 6.45) is 0.947. The predicted octanol–water partition coefficient (Wildman–Crippen LogP) is 1.29. The van der Waals surface area contributed by atoms with Crippen molar-refractivity contribution >= 4 is 30.0 Å². The third-order valence-corrected chi connectivity index (χ3v) is 3.18. The molecule has 1 fully saturated rings. The van der Waals surface area contributed by atoms with E-state index in [1.54, 1.807) is 38.4 Å². The SMILES string of the molecule is CN(C)C(=O)Nc1cccc(C(=O)NC2CCNC2)c1.Cl. The normalized spacial score (nSPS) is 16.8. The van der Waals surface area contributed by atoms with E-state index in [1.807, 2.05) is 0 Å². The van der Waals surface area contributed by atoms with E-state index in [9.17, 15) is 9.59 Å². The van der Waals surface area contributed by atoms with Crippen LogP contribution in [0.4, 0.5) is 10.5 Å². The minimum Gasteiger partial charge on any atom is -0.348 e. The van der Waals surface area contributed by atoms with Gasteiger partial charge in [-0.15, -0.1) is 12.4 Å². The lowest BCUT2D eigenvalue weighted by molar-refractivity contribution is 0.0940. The first-order chi connectivity index (χ1) is 9.56. The summed E-state index contributed by atoms with van der Waals surface area (Å²) in [5.41, 5.74) is 1.16. The topological polar surface area (TPSA) is 73.5 Å². The Kier molecular flexibility index (Phi) is 6.45. The van der Waals surface area contributed by atoms with Crippen LogP contribution in [0, 0.1) is 0 Å². The summed E-state index contributed by atoms with van der Waals surface area (Å²) < 4.78 is 0. The van der Waals surface area contributed by atoms with E-state index in [-0.39, 0.29) is 30.4 Å². The standard InChI is InChI=1S/C14H20N4O2.ClH/c1-18(2)14(20)17-11-5-3-4-10(8-11)13(19)16-12-6-7-15-9-12;/h3-5,8,12,15H,6-7,9H2,1-2H3,(H,16,19)(H,17,20);1H. The molecule has 1 heterocycles. The number of urea groups is 1. The number of carbonyl (C=O) groups excluding carboxylic acids is 2. The lowest BCUT2D eigenvalue weighted by Gasteiger charge is -2.14. The summed E-state index contributed by atoms with van der Waals surface area (Å²) in [6.45, 7) is 1.74. The molecule has 0 aliphatic carbocycles. The molecule has 1 unspecified atom stereocenters. The van der Waals surface area contributed by atoms with Gasteiger partial charge in [0, 0.05) is 37.9 Å². The zero-order valence-corrected chi connectivity index (χ0v) is 13.0. The molecule has 116 valence electrons. The highest BCUT2D eigenvalue weighted by molar-refractivity contribution is 5.97. The molecule has 7 heteroatoms. The van der Waals surface area contributed by atoms with E-state index in [2.05, 4.69) is 16.0 Å². The molecule has 3 N–H and O–H groups in total. The van der Waals surface area contributed by atoms with Crippen molar-refractivity contribution in [3.63, 3.8) is 0 Å². The number of nitrogens with one attached hydrogen (secondary N) is 3. The second kappa shape index (κ2) is 7.85. The van der Waals surface area contributed by atoms with Gasteiger partial charge in [-0.05, 0) is 31.2 Å². The van der Waals surface area contributed by atoms with Crippen molar-refractivity contribution in [3.8, 4) is 0 Å². The maximum atomic E-state index is 12.1. The van der Waals surface area contributed by atoms with E-state index >= 15 is 0 Å². The average molecular weight is 313 g/mol. The lowest BCUT2D eigenvalue weighted by Crippen LogP contribution is -2.36. The van der Waals surface area contributed by atoms with Crippen LogP contribution in [0.15, 0.2) is 24.3 Å². The molecule has 1 atom stereocenters. The number of hydrogen-bond acceptors (Lipinski definition) is 3. The van der Waals surface area contributed by atoms with Crippen LogP contribution in [0.25, 0.3) is 0 Å². The van der Waals surface area contributed by atoms with Gasteiger partial charge >= 0.3 is 6.03 Å². The summed E-state index contributed by atoms with van der Waals surface area (Å²) in [4.78, 5) is 25.1. The average Bonchev–Trinajstić information content (AvgIpc) is 2.91. The van der Waals surface area contributed by atoms with Gasteiger partial charge in [-0.2, -0.15) is 0 Å². The van der Waals surface area contributed by atoms with Gasteiger partial charge in [0.2, 0.25) is 0 Å². The first-order valence-corrected chi connectivity index (χ1v) is 6.66. The van der Waals surface area contributed by atoms with Crippen molar-refractivity contribution in [3.05, 3.63) is 29.8 Å². The van der Waals surface area contributed by atoms with Crippen molar-refractivity contribution < 1.29 is 9.59 Å². The van der Waals surface area contributed by atoms with Crippen molar-refractivity contribution in [2.45, 2.75) is 12.5 Å². The molecular formula is C14H21ClN4O2. The van der Waals surface area contributed by atoms with Crippen LogP contribution in [-0.4, -0.2) is 50.1 Å². The third kappa shape index (κ3) is 4.91. The molecule has 0 bridgehead atoms. The highest BCUT2D eigenvalue weighted by Gasteiger charge is 2.17. The molecule has 1 aliphatic rings. The van der Waals surface area contributed by atoms with E-state index in [4.69, 9.17) is 0 Å². The summed E-state index contributed by atoms with van der Waals surface area (Å²) in [7, 11) is 3.33. The first-order valence-electron chi connectivity index (χ1n) is 6.66. The number of amides is 3. The molecular weight excluding hydrogens is 292 g/mol. The fraction of sp³-hybridized carbons (Fsp3) is 0.429. The van der Waals surface area contributed by atoms with Crippen molar-refractivity contribution in [1.29, 1.82) is 0 Å². The van der Waals surface area contributed by atoms with Gasteiger partial charge in [0.15, 0.2) is 0 Å². The molecule has 21 heavy (non-hydrogen) atoms. The van der Waals surface area contributed by atoms with Gasteiger partial charge in [-0.3, -0.25) is 4.79 Å². The Morgan fingerprint density at radius 1 is 1.33 bits per heavy atom. The van der Waals surface area contributed by atoms with Crippen LogP contribution in [0.3, 0.4) is 0 Å². The maximum Gasteiger partial charge on any atom is 0.321 e. The van der Waals surface area contributed by atoms with Crippen molar-refractivity contribution in [2.75, 3.05) is 32.5 Å². The zero-order valence-electron chi connectivity index (χ0n) is 12.2. The smallest absolute Gasteiger partial charge is 0.321 e. The van der Waals surface area contributed by atoms with E-state index in [1.165, 1.54) is 4.90 Å². The summed E-state index contributed by atoms with van der Waals surface area (Å²) in [5, 5.41) is 8.90. The molecule has 3 amide bonds. The summed E-state index contributed by atoms with van der Waals surface area (Å²) >= 11 is 0. The summed E-state index contributed by atoms with van der Waals surface area (Å²) in [5.74, 6) is -0.111. The fourth-order valence-electron chi connectivity index (χ4n) is 2.02. The second-order valence-electron chi connectivity index (χ2n) is 5.07. The Morgan fingerprint density at radius 3 is 2.71 bits per heavy atom. The van der Waals surface area contributed by atoms with Crippen LogP contribution in [-0.2, 0) is 0 Å². The molecule has 2 rings (SSSR count). The van der Waals surface area contributed by atoms with Crippen LogP contribution in [0.1, 0.15) is 16.8 Å². The van der Waals surface area contributed by atoms with E-state index in [0.717, 1.165) is 19.5 Å². The van der Waals surface area contributed by atoms with Gasteiger partial charge in [0.1, 0.15) is 0 Å². The molecule has 1 aromatic carbocycles. The Bertz CT molecular complexity index is 502. The highest BCUT2D eigenvalue weighted by atomic mass is 35.5. The molecule has 0 radical (unpaired) electrons. The summed E-state index contributed by atoms with van der Waals surface area (Å²) in [6, 6.07) is 6.90. The van der Waals surface area contributed by atoms with Crippen LogP contribution < -0.4 is 16.0 Å². The number of nitrogens with zero attached hydrogens (tertiary/aromatic N) is 1. The molecule has 1 saturated heterocycles. The predicted molar refractivity (Wildman–Crippen MR) is 85.1 cm³/mol. The molecule has 0 aromatic heterocycles. The Morgan fingerprint density at radius 2 is 2.10 bits per heavy atom. The van der Waals surface area contributed by atoms with E-state index < -0.39 is 0 Å². The largest absolute Gasteiger partial charge is 0.348 e. The minimum atomic E-state index is -0.220. The monoisotopic (exact) mass is 312 g/mol. The van der Waals surface area contributed by atoms with Crippen molar-refractivity contribution in [2.24, 2.45) is 0 Å². The van der Waals surface area contributed by atoms with Gasteiger partial charge in [-0.1, -0.05) is 6.07 Å². The number of anilines is 1. The Labute approximate surface area is 130 Å². The van der Waals surface area contributed by atoms with Crippen LogP contribution in [0.2, 0.25) is 0 Å².